The van der Waals surface area contributed by atoms with Gasteiger partial charge >= 0.3 is 6.55 Å². The Morgan fingerprint density at radius 2 is 2.17 bits per heavy atom. The second-order valence-corrected chi connectivity index (χ2v) is 7.87. The summed E-state index contributed by atoms with van der Waals surface area (Å²) in [5.41, 5.74) is 0.841. The maximum Gasteiger partial charge on any atom is 0.333 e. The molecule has 1 fully saturated rings. The molecular formula is C22H20F3N7O3. The first kappa shape index (κ1) is 24.1. The molecule has 0 aliphatic heterocycles. The van der Waals surface area contributed by atoms with Crippen molar-refractivity contribution in [3.63, 3.8) is 0 Å². The van der Waals surface area contributed by atoms with Crippen LogP contribution < -0.4 is 10.1 Å². The van der Waals surface area contributed by atoms with Gasteiger partial charge in [-0.2, -0.15) is 24.1 Å². The zero-order valence-corrected chi connectivity index (χ0v) is 18.2. The summed E-state index contributed by atoms with van der Waals surface area (Å²) < 4.78 is 46.2. The Hall–Kier alpha value is -4.05. The number of hydrogen-bond donors (Lipinski definition) is 2. The van der Waals surface area contributed by atoms with Gasteiger partial charge in [-0.05, 0) is 37.5 Å². The van der Waals surface area contributed by atoms with E-state index < -0.39 is 31.3 Å². The molecule has 1 aliphatic carbocycles. The number of benzene rings is 1. The van der Waals surface area contributed by atoms with Crippen LogP contribution in [0.15, 0.2) is 36.9 Å². The standard InChI is InChI=1S/C22H20F3N7O3/c23-16-6-12(17(34)10-33)1-4-19(16)35-18-3-2-13(5-14(18)7-26)20-27-11-28-22(31-20)30-15-8-29-32(9-15)21(24)25/h2-3,5,8-9,11-12,16,19,21,33H,1,4,6,10H2,(H,27,28,30,31)/t12?,16-,19+/m1/s1. The summed E-state index contributed by atoms with van der Waals surface area (Å²) in [6.45, 7) is -3.40. The van der Waals surface area contributed by atoms with Crippen molar-refractivity contribution >= 4 is 17.4 Å². The fourth-order valence-electron chi connectivity index (χ4n) is 3.80. The Kier molecular flexibility index (Phi) is 7.21. The Bertz CT molecular complexity index is 1250. The van der Waals surface area contributed by atoms with Crippen molar-refractivity contribution in [3.05, 3.63) is 42.5 Å². The Labute approximate surface area is 197 Å². The lowest BCUT2D eigenvalue weighted by Gasteiger charge is -2.31. The van der Waals surface area contributed by atoms with E-state index in [0.29, 0.717) is 16.7 Å². The second-order valence-electron chi connectivity index (χ2n) is 7.87. The van der Waals surface area contributed by atoms with Gasteiger partial charge in [0, 0.05) is 11.5 Å². The van der Waals surface area contributed by atoms with Crippen LogP contribution in [-0.2, 0) is 4.79 Å². The van der Waals surface area contributed by atoms with Crippen LogP contribution in [0, 0.1) is 17.2 Å². The fourth-order valence-corrected chi connectivity index (χ4v) is 3.80. The number of hydrogen-bond acceptors (Lipinski definition) is 9. The van der Waals surface area contributed by atoms with Crippen molar-refractivity contribution in [3.8, 4) is 23.2 Å². The van der Waals surface area contributed by atoms with Gasteiger partial charge in [0.1, 0.15) is 37.0 Å². The molecule has 182 valence electrons. The average molecular weight is 487 g/mol. The Morgan fingerprint density at radius 3 is 2.86 bits per heavy atom. The maximum absolute atomic E-state index is 14.6. The molecule has 2 heterocycles. The summed E-state index contributed by atoms with van der Waals surface area (Å²) in [6, 6.07) is 6.60. The Morgan fingerprint density at radius 1 is 1.34 bits per heavy atom. The molecule has 2 aromatic heterocycles. The van der Waals surface area contributed by atoms with Gasteiger partial charge in [0.2, 0.25) is 5.95 Å². The number of nitriles is 1. The van der Waals surface area contributed by atoms with E-state index in [4.69, 9.17) is 9.84 Å². The quantitative estimate of drug-likeness (QED) is 0.490. The number of rotatable bonds is 8. The van der Waals surface area contributed by atoms with Crippen molar-refractivity contribution in [2.45, 2.75) is 38.1 Å². The minimum atomic E-state index is -2.78. The van der Waals surface area contributed by atoms with E-state index >= 15 is 0 Å². The van der Waals surface area contributed by atoms with E-state index in [-0.39, 0.29) is 47.4 Å². The number of carbonyl (C=O) groups is 1. The highest BCUT2D eigenvalue weighted by atomic mass is 19.3. The smallest absolute Gasteiger partial charge is 0.333 e. The predicted molar refractivity (Wildman–Crippen MR) is 115 cm³/mol. The molecule has 0 saturated heterocycles. The monoisotopic (exact) mass is 487 g/mol. The molecule has 2 N–H and O–H groups in total. The lowest BCUT2D eigenvalue weighted by molar-refractivity contribution is -0.128. The van der Waals surface area contributed by atoms with Gasteiger partial charge < -0.3 is 15.2 Å². The third-order valence-electron chi connectivity index (χ3n) is 5.59. The number of aromatic nitrogens is 5. The van der Waals surface area contributed by atoms with E-state index in [0.717, 1.165) is 6.20 Å². The van der Waals surface area contributed by atoms with Crippen molar-refractivity contribution < 1.29 is 27.8 Å². The number of Topliss-reactive ketones (excluding diaryl/α,β-unsaturated/α-hetero) is 1. The van der Waals surface area contributed by atoms with Crippen molar-refractivity contribution in [1.82, 2.24) is 24.7 Å². The highest BCUT2D eigenvalue weighted by molar-refractivity contribution is 5.82. The van der Waals surface area contributed by atoms with Crippen molar-refractivity contribution in [1.29, 1.82) is 5.26 Å². The molecule has 0 spiro atoms. The van der Waals surface area contributed by atoms with Gasteiger partial charge in [-0.3, -0.25) is 4.79 Å². The van der Waals surface area contributed by atoms with Crippen LogP contribution in [0.25, 0.3) is 11.4 Å². The zero-order valence-electron chi connectivity index (χ0n) is 18.2. The van der Waals surface area contributed by atoms with Crippen LogP contribution in [-0.4, -0.2) is 54.5 Å². The van der Waals surface area contributed by atoms with E-state index in [9.17, 15) is 23.2 Å². The van der Waals surface area contributed by atoms with Crippen molar-refractivity contribution in [2.24, 2.45) is 5.92 Å². The Balaban J connectivity index is 1.48. The molecule has 1 unspecified atom stereocenters. The van der Waals surface area contributed by atoms with Gasteiger partial charge in [-0.25, -0.2) is 19.0 Å². The van der Waals surface area contributed by atoms with Gasteiger partial charge in [-0.1, -0.05) is 0 Å². The number of nitrogens with zero attached hydrogens (tertiary/aromatic N) is 6. The normalized spacial score (nSPS) is 19.8. The van der Waals surface area contributed by atoms with E-state index in [1.54, 1.807) is 6.07 Å². The van der Waals surface area contributed by atoms with E-state index in [1.807, 2.05) is 6.07 Å². The number of aliphatic hydroxyl groups is 1. The number of nitrogens with one attached hydrogen (secondary N) is 1. The number of aliphatic hydroxyl groups excluding tert-OH is 1. The molecule has 1 aliphatic rings. The fraction of sp³-hybridized carbons (Fsp3) is 0.364. The van der Waals surface area contributed by atoms with Gasteiger partial charge in [0.05, 0.1) is 23.6 Å². The van der Waals surface area contributed by atoms with Crippen LogP contribution in [0.1, 0.15) is 31.4 Å². The number of ketones is 1. The number of halogens is 3. The molecular weight excluding hydrogens is 467 g/mol. The second kappa shape index (κ2) is 10.5. The third kappa shape index (κ3) is 5.55. The number of anilines is 2. The molecule has 35 heavy (non-hydrogen) atoms. The molecule has 3 aromatic rings. The zero-order chi connectivity index (χ0) is 24.9. The summed E-state index contributed by atoms with van der Waals surface area (Å²) in [5.74, 6) is -0.454. The topological polar surface area (TPSA) is 139 Å². The molecule has 4 rings (SSSR count). The molecule has 1 saturated carbocycles. The summed E-state index contributed by atoms with van der Waals surface area (Å²) in [6.07, 6.45) is 1.90. The van der Waals surface area contributed by atoms with Gasteiger partial charge in [-0.15, -0.1) is 0 Å². The van der Waals surface area contributed by atoms with Gasteiger partial charge in [0.25, 0.3) is 0 Å². The van der Waals surface area contributed by atoms with E-state index in [2.05, 4.69) is 25.4 Å². The van der Waals surface area contributed by atoms with Crippen LogP contribution in [0.3, 0.4) is 0 Å². The lowest BCUT2D eigenvalue weighted by Crippen LogP contribution is -2.38. The van der Waals surface area contributed by atoms with Crippen molar-refractivity contribution in [2.75, 3.05) is 11.9 Å². The van der Waals surface area contributed by atoms with E-state index in [1.165, 1.54) is 24.7 Å². The highest BCUT2D eigenvalue weighted by Gasteiger charge is 2.35. The minimum absolute atomic E-state index is 0.0408. The largest absolute Gasteiger partial charge is 0.486 e. The SMILES string of the molecule is N#Cc1cc(-c2ncnc(Nc3cnn(C(F)F)c3)n2)ccc1O[C@H]1CCC(C(=O)CO)C[C@H]1F. The molecule has 3 atom stereocenters. The van der Waals surface area contributed by atoms with Gasteiger partial charge in [0.15, 0.2) is 11.6 Å². The third-order valence-corrected chi connectivity index (χ3v) is 5.59. The summed E-state index contributed by atoms with van der Waals surface area (Å²) in [7, 11) is 0. The van der Waals surface area contributed by atoms with Crippen LogP contribution in [0.5, 0.6) is 5.75 Å². The minimum Gasteiger partial charge on any atom is -0.486 e. The molecule has 0 bridgehead atoms. The molecule has 0 amide bonds. The predicted octanol–water partition coefficient (Wildman–Crippen LogP) is 3.19. The first-order chi connectivity index (χ1) is 16.9. The average Bonchev–Trinajstić information content (AvgIpc) is 3.34. The highest BCUT2D eigenvalue weighted by Crippen LogP contribution is 2.33. The van der Waals surface area contributed by atoms with Crippen LogP contribution in [0.4, 0.5) is 24.8 Å². The number of alkyl halides is 3. The molecule has 0 radical (unpaired) electrons. The first-order valence-corrected chi connectivity index (χ1v) is 10.6. The number of ether oxygens (including phenoxy) is 1. The molecule has 1 aromatic carbocycles. The summed E-state index contributed by atoms with van der Waals surface area (Å²) in [5, 5.41) is 24.9. The van der Waals surface area contributed by atoms with Crippen LogP contribution >= 0.6 is 0 Å². The lowest BCUT2D eigenvalue weighted by atomic mass is 9.83. The molecule has 10 nitrogen and oxygen atoms in total. The summed E-state index contributed by atoms with van der Waals surface area (Å²) in [4.78, 5) is 23.9. The number of carbonyl (C=O) groups excluding carboxylic acids is 1. The maximum atomic E-state index is 14.6. The van der Waals surface area contributed by atoms with Crippen LogP contribution in [0.2, 0.25) is 0 Å². The molecule has 13 heteroatoms. The summed E-state index contributed by atoms with van der Waals surface area (Å²) >= 11 is 0. The first-order valence-electron chi connectivity index (χ1n) is 10.6.